The second-order valence-corrected chi connectivity index (χ2v) is 10.00. The molecule has 0 unspecified atom stereocenters. The van der Waals surface area contributed by atoms with Gasteiger partial charge in [-0.15, -0.1) is 17.2 Å². The first kappa shape index (κ1) is 28.2. The summed E-state index contributed by atoms with van der Waals surface area (Å²) in [4.78, 5) is 14.7. The van der Waals surface area contributed by atoms with Crippen LogP contribution < -0.4 is 0 Å². The molecule has 0 amide bonds. The van der Waals surface area contributed by atoms with Crippen LogP contribution in [0, 0.1) is 18.8 Å². The van der Waals surface area contributed by atoms with E-state index >= 15 is 0 Å². The van der Waals surface area contributed by atoms with Crippen molar-refractivity contribution < 1.29 is 38.8 Å². The fourth-order valence-corrected chi connectivity index (χ4v) is 4.43. The number of nitrogens with zero attached hydrogens (tertiary/aromatic N) is 1. The number of allylic oxidation sites excluding steroid dienone is 2. The zero-order chi connectivity index (χ0) is 26.2. The third-order valence-corrected chi connectivity index (χ3v) is 5.91. The molecule has 0 fully saturated rings. The maximum atomic E-state index is 14.3. The van der Waals surface area contributed by atoms with Gasteiger partial charge >= 0.3 is 0 Å². The first-order valence-corrected chi connectivity index (χ1v) is 11.8. The molecule has 193 valence electrons. The SMILES string of the molecule is CC(=O)/C=C(/C)O.Cc1cc2c(C(C)(C)C)cc(-c3nccc4c3ccc3c(F)cccc34)[c-]c2o1.[Ir]. The largest absolute Gasteiger partial charge is 0.512 e. The van der Waals surface area contributed by atoms with Gasteiger partial charge in [-0.3, -0.25) is 4.79 Å². The molecule has 0 aliphatic heterocycles. The second kappa shape index (κ2) is 11.0. The molecule has 6 heteroatoms. The fourth-order valence-electron chi connectivity index (χ4n) is 4.43. The average Bonchev–Trinajstić information content (AvgIpc) is 3.16. The van der Waals surface area contributed by atoms with Gasteiger partial charge in [0, 0.05) is 37.8 Å². The number of hydrogen-bond donors (Lipinski definition) is 1. The predicted molar refractivity (Wildman–Crippen MR) is 144 cm³/mol. The van der Waals surface area contributed by atoms with Crippen molar-refractivity contribution in [3.8, 4) is 11.3 Å². The molecule has 0 spiro atoms. The molecule has 5 rings (SSSR count). The summed E-state index contributed by atoms with van der Waals surface area (Å²) in [5.74, 6) is 0.593. The Balaban J connectivity index is 0.000000422. The second-order valence-electron chi connectivity index (χ2n) is 10.00. The Labute approximate surface area is 229 Å². The minimum Gasteiger partial charge on any atom is -0.512 e. The summed E-state index contributed by atoms with van der Waals surface area (Å²) >= 11 is 0. The molecule has 0 bridgehead atoms. The van der Waals surface area contributed by atoms with E-state index in [2.05, 4.69) is 44.0 Å². The maximum Gasteiger partial charge on any atom is 0.155 e. The molecule has 37 heavy (non-hydrogen) atoms. The van der Waals surface area contributed by atoms with Gasteiger partial charge in [-0.05, 0) is 60.2 Å². The molecule has 0 atom stereocenters. The third kappa shape index (κ3) is 5.98. The molecule has 0 aliphatic carbocycles. The van der Waals surface area contributed by atoms with Crippen molar-refractivity contribution in [3.63, 3.8) is 0 Å². The maximum absolute atomic E-state index is 14.3. The Bertz CT molecular complexity index is 1640. The summed E-state index contributed by atoms with van der Waals surface area (Å²) in [6.45, 7) is 11.4. The number of furan rings is 1. The quantitative estimate of drug-likeness (QED) is 0.0885. The molecule has 2 aromatic heterocycles. The monoisotopic (exact) mass is 675 g/mol. The summed E-state index contributed by atoms with van der Waals surface area (Å²) in [7, 11) is 0. The minimum absolute atomic E-state index is 0. The summed E-state index contributed by atoms with van der Waals surface area (Å²) in [6, 6.07) is 18.6. The summed E-state index contributed by atoms with van der Waals surface area (Å²) in [6.07, 6.45) is 2.95. The van der Waals surface area contributed by atoms with E-state index in [1.165, 1.54) is 31.6 Å². The van der Waals surface area contributed by atoms with E-state index < -0.39 is 0 Å². The molecule has 2 heterocycles. The molecule has 1 radical (unpaired) electrons. The van der Waals surface area contributed by atoms with Gasteiger partial charge in [-0.1, -0.05) is 62.6 Å². The van der Waals surface area contributed by atoms with Crippen molar-refractivity contribution in [2.24, 2.45) is 0 Å². The van der Waals surface area contributed by atoms with Gasteiger partial charge in [0.2, 0.25) is 0 Å². The summed E-state index contributed by atoms with van der Waals surface area (Å²) in [5.41, 5.74) is 3.60. The molecule has 0 saturated heterocycles. The number of carbonyl (C=O) groups excluding carboxylic acids is 1. The zero-order valence-corrected chi connectivity index (χ0v) is 24.1. The topological polar surface area (TPSA) is 63.3 Å². The predicted octanol–water partition coefficient (Wildman–Crippen LogP) is 8.38. The number of aliphatic hydroxyl groups is 1. The van der Waals surface area contributed by atoms with Gasteiger partial charge < -0.3 is 14.5 Å². The van der Waals surface area contributed by atoms with Crippen molar-refractivity contribution in [2.45, 2.75) is 47.0 Å². The van der Waals surface area contributed by atoms with E-state index in [0.717, 1.165) is 44.1 Å². The van der Waals surface area contributed by atoms with Crippen LogP contribution in [0.5, 0.6) is 0 Å². The van der Waals surface area contributed by atoms with E-state index in [-0.39, 0.29) is 42.9 Å². The van der Waals surface area contributed by atoms with Crippen LogP contribution in [0.25, 0.3) is 43.8 Å². The number of halogens is 1. The van der Waals surface area contributed by atoms with Crippen LogP contribution in [0.15, 0.2) is 71.0 Å². The standard InChI is InChI=1S/C26H21FNO.C5H8O2.Ir/c1-15-12-21-22(26(2,3)4)13-16(14-24(21)29-15)25-20-9-8-19-17(6-5-7-23(19)27)18(20)10-11-28-25;1-4(6)3-5(2)7;/h5-13H,1-4H3;3,6H,1-2H3;/q-1;;/b;4-3-;. The number of hydrogen-bond acceptors (Lipinski definition) is 4. The van der Waals surface area contributed by atoms with Gasteiger partial charge in [0.15, 0.2) is 5.78 Å². The molecule has 3 aromatic carbocycles. The van der Waals surface area contributed by atoms with Crippen LogP contribution >= 0.6 is 0 Å². The first-order valence-electron chi connectivity index (χ1n) is 11.8. The van der Waals surface area contributed by atoms with Crippen LogP contribution in [-0.2, 0) is 30.3 Å². The number of ketones is 1. The van der Waals surface area contributed by atoms with E-state index in [1.807, 2.05) is 31.2 Å². The zero-order valence-electron chi connectivity index (χ0n) is 21.7. The number of rotatable bonds is 2. The molecular weight excluding hydrogens is 646 g/mol. The molecule has 0 aliphatic rings. The minimum atomic E-state index is -0.211. The van der Waals surface area contributed by atoms with Crippen molar-refractivity contribution in [1.82, 2.24) is 4.98 Å². The number of aliphatic hydroxyl groups excluding tert-OH is 1. The van der Waals surface area contributed by atoms with Crippen LogP contribution in [0.1, 0.15) is 45.9 Å². The van der Waals surface area contributed by atoms with E-state index in [4.69, 9.17) is 9.52 Å². The summed E-state index contributed by atoms with van der Waals surface area (Å²) < 4.78 is 20.2. The number of aryl methyl sites for hydroxylation is 1. The summed E-state index contributed by atoms with van der Waals surface area (Å²) in [5, 5.41) is 12.9. The molecule has 4 nitrogen and oxygen atoms in total. The van der Waals surface area contributed by atoms with E-state index in [9.17, 15) is 9.18 Å². The number of carbonyl (C=O) groups is 1. The van der Waals surface area contributed by atoms with Crippen molar-refractivity contribution >= 4 is 38.3 Å². The number of benzene rings is 3. The molecular formula is C31H29FIrNO3-. The van der Waals surface area contributed by atoms with Crippen molar-refractivity contribution in [1.29, 1.82) is 0 Å². The smallest absolute Gasteiger partial charge is 0.155 e. The van der Waals surface area contributed by atoms with Crippen LogP contribution in [-0.4, -0.2) is 15.9 Å². The Morgan fingerprint density at radius 2 is 1.68 bits per heavy atom. The Morgan fingerprint density at radius 3 is 2.30 bits per heavy atom. The first-order chi connectivity index (χ1) is 17.0. The molecule has 5 aromatic rings. The normalized spacial score (nSPS) is 11.8. The number of aromatic nitrogens is 1. The molecule has 1 N–H and O–H groups in total. The van der Waals surface area contributed by atoms with Gasteiger partial charge in [-0.2, -0.15) is 0 Å². The third-order valence-electron chi connectivity index (χ3n) is 5.91. The van der Waals surface area contributed by atoms with Crippen LogP contribution in [0.4, 0.5) is 4.39 Å². The van der Waals surface area contributed by atoms with Crippen molar-refractivity contribution in [2.75, 3.05) is 0 Å². The van der Waals surface area contributed by atoms with Gasteiger partial charge in [0.1, 0.15) is 5.82 Å². The van der Waals surface area contributed by atoms with Crippen molar-refractivity contribution in [3.05, 3.63) is 89.8 Å². The Morgan fingerprint density at radius 1 is 1.00 bits per heavy atom. The van der Waals surface area contributed by atoms with Gasteiger partial charge in [0.05, 0.1) is 17.1 Å². The molecule has 0 saturated carbocycles. The Hall–Kier alpha value is -3.34. The van der Waals surface area contributed by atoms with Gasteiger partial charge in [0.25, 0.3) is 0 Å². The average molecular weight is 675 g/mol. The van der Waals surface area contributed by atoms with E-state index in [1.54, 1.807) is 12.3 Å². The van der Waals surface area contributed by atoms with Crippen LogP contribution in [0.2, 0.25) is 0 Å². The van der Waals surface area contributed by atoms with Crippen LogP contribution in [0.3, 0.4) is 0 Å². The van der Waals surface area contributed by atoms with Gasteiger partial charge in [-0.25, -0.2) is 4.39 Å². The number of pyridine rings is 1. The van der Waals surface area contributed by atoms with E-state index in [0.29, 0.717) is 5.39 Å². The Kier molecular flexibility index (Phi) is 8.36. The number of fused-ring (bicyclic) bond motifs is 4. The fraction of sp³-hybridized carbons (Fsp3) is 0.226.